The van der Waals surface area contributed by atoms with Crippen LogP contribution < -0.4 is 4.72 Å². The molecule has 0 saturated carbocycles. The molecule has 2 aromatic carbocycles. The first-order valence-electron chi connectivity index (χ1n) is 8.59. The number of hydrogen-bond acceptors (Lipinski definition) is 3. The minimum absolute atomic E-state index is 0.0430. The highest BCUT2D eigenvalue weighted by Crippen LogP contribution is 2.26. The Hall–Kier alpha value is -2.33. The molecular formula is C19H19ClF2N4O2S. The van der Waals surface area contributed by atoms with Crippen LogP contribution in [0.1, 0.15) is 23.0 Å². The first kappa shape index (κ1) is 21.4. The van der Waals surface area contributed by atoms with E-state index < -0.39 is 27.9 Å². The molecule has 1 atom stereocenters. The SMILES string of the molecule is CN(Cc1c(F)cccc1Cl)S(=O)(=O)N[C@H](c1ccccc1F)c1nccn1C. The number of aromatic nitrogens is 2. The fraction of sp³-hybridized carbons (Fsp3) is 0.211. The zero-order valence-electron chi connectivity index (χ0n) is 15.7. The molecule has 1 heterocycles. The minimum atomic E-state index is -4.16. The molecule has 6 nitrogen and oxygen atoms in total. The van der Waals surface area contributed by atoms with Crippen molar-refractivity contribution in [3.8, 4) is 0 Å². The van der Waals surface area contributed by atoms with E-state index >= 15 is 0 Å². The van der Waals surface area contributed by atoms with Crippen LogP contribution in [0.15, 0.2) is 54.9 Å². The summed E-state index contributed by atoms with van der Waals surface area (Å²) >= 11 is 6.00. The van der Waals surface area contributed by atoms with Crippen LogP contribution >= 0.6 is 11.6 Å². The second kappa shape index (κ2) is 8.58. The lowest BCUT2D eigenvalue weighted by atomic mass is 10.1. The second-order valence-electron chi connectivity index (χ2n) is 6.43. The molecule has 1 aromatic heterocycles. The van der Waals surface area contributed by atoms with E-state index in [0.29, 0.717) is 5.82 Å². The Kier molecular flexibility index (Phi) is 6.33. The third kappa shape index (κ3) is 4.64. The van der Waals surface area contributed by atoms with Crippen molar-refractivity contribution in [2.45, 2.75) is 12.6 Å². The Balaban J connectivity index is 1.94. The van der Waals surface area contributed by atoms with Gasteiger partial charge >= 0.3 is 0 Å². The van der Waals surface area contributed by atoms with Gasteiger partial charge in [-0.15, -0.1) is 0 Å². The van der Waals surface area contributed by atoms with Gasteiger partial charge in [0.15, 0.2) is 0 Å². The zero-order chi connectivity index (χ0) is 21.2. The molecule has 10 heteroatoms. The van der Waals surface area contributed by atoms with Gasteiger partial charge in [0.05, 0.1) is 0 Å². The fourth-order valence-electron chi connectivity index (χ4n) is 2.85. The molecular weight excluding hydrogens is 422 g/mol. The topological polar surface area (TPSA) is 67.2 Å². The predicted molar refractivity (Wildman–Crippen MR) is 106 cm³/mol. The average Bonchev–Trinajstić information content (AvgIpc) is 3.09. The molecule has 154 valence electrons. The maximum absolute atomic E-state index is 14.4. The standard InChI is InChI=1S/C19H19ClF2N4O2S/c1-25-11-10-23-19(25)18(13-6-3-4-8-16(13)21)24-29(27,28)26(2)12-14-15(20)7-5-9-17(14)22/h3-11,18,24H,12H2,1-2H3/t18-/m1/s1. The van der Waals surface area contributed by atoms with Crippen LogP contribution in [-0.4, -0.2) is 29.3 Å². The largest absolute Gasteiger partial charge is 0.336 e. The Morgan fingerprint density at radius 2 is 1.86 bits per heavy atom. The Labute approximate surface area is 172 Å². The highest BCUT2D eigenvalue weighted by atomic mass is 35.5. The number of nitrogens with zero attached hydrogens (tertiary/aromatic N) is 3. The zero-order valence-corrected chi connectivity index (χ0v) is 17.3. The molecule has 0 aliphatic rings. The van der Waals surface area contributed by atoms with Crippen molar-refractivity contribution < 1.29 is 17.2 Å². The van der Waals surface area contributed by atoms with Crippen molar-refractivity contribution in [1.29, 1.82) is 0 Å². The van der Waals surface area contributed by atoms with Gasteiger partial charge in [0, 0.05) is 49.2 Å². The van der Waals surface area contributed by atoms with Crippen LogP contribution in [-0.2, 0) is 23.8 Å². The summed E-state index contributed by atoms with van der Waals surface area (Å²) in [6.45, 7) is -0.300. The van der Waals surface area contributed by atoms with E-state index in [4.69, 9.17) is 11.6 Å². The Bertz CT molecular complexity index is 1100. The summed E-state index contributed by atoms with van der Waals surface area (Å²) in [5.74, 6) is -0.895. The van der Waals surface area contributed by atoms with Crippen molar-refractivity contribution in [2.24, 2.45) is 7.05 Å². The molecule has 29 heavy (non-hydrogen) atoms. The monoisotopic (exact) mass is 440 g/mol. The molecule has 3 rings (SSSR count). The summed E-state index contributed by atoms with van der Waals surface area (Å²) in [7, 11) is -1.21. The normalized spacial score (nSPS) is 13.0. The van der Waals surface area contributed by atoms with Gasteiger partial charge in [-0.1, -0.05) is 35.9 Å². The molecule has 0 unspecified atom stereocenters. The minimum Gasteiger partial charge on any atom is -0.336 e. The van der Waals surface area contributed by atoms with E-state index in [2.05, 4.69) is 9.71 Å². The van der Waals surface area contributed by atoms with Crippen LogP contribution in [0.5, 0.6) is 0 Å². The van der Waals surface area contributed by atoms with Crippen molar-refractivity contribution >= 4 is 21.8 Å². The molecule has 0 saturated heterocycles. The molecule has 0 bridgehead atoms. The number of hydrogen-bond donors (Lipinski definition) is 1. The summed E-state index contributed by atoms with van der Waals surface area (Å²) in [5, 5.41) is 0.113. The van der Waals surface area contributed by atoms with Crippen LogP contribution in [0.4, 0.5) is 8.78 Å². The molecule has 3 aromatic rings. The molecule has 0 aliphatic heterocycles. The van der Waals surface area contributed by atoms with E-state index in [1.165, 1.54) is 49.6 Å². The van der Waals surface area contributed by atoms with Gasteiger partial charge < -0.3 is 4.57 Å². The lowest BCUT2D eigenvalue weighted by Gasteiger charge is -2.24. The van der Waals surface area contributed by atoms with Crippen molar-refractivity contribution in [3.63, 3.8) is 0 Å². The van der Waals surface area contributed by atoms with E-state index in [1.807, 2.05) is 0 Å². The van der Waals surface area contributed by atoms with E-state index in [0.717, 1.165) is 4.31 Å². The van der Waals surface area contributed by atoms with E-state index in [1.54, 1.807) is 23.9 Å². The molecule has 0 aliphatic carbocycles. The van der Waals surface area contributed by atoms with Gasteiger partial charge in [0.25, 0.3) is 10.2 Å². The smallest absolute Gasteiger partial charge is 0.280 e. The summed E-state index contributed by atoms with van der Waals surface area (Å²) < 4.78 is 59.4. The third-order valence-electron chi connectivity index (χ3n) is 4.45. The van der Waals surface area contributed by atoms with Gasteiger partial charge in [0.1, 0.15) is 23.5 Å². The third-order valence-corrected chi connectivity index (χ3v) is 6.29. The lowest BCUT2D eigenvalue weighted by Crippen LogP contribution is -2.41. The number of imidazole rings is 1. The number of rotatable bonds is 7. The van der Waals surface area contributed by atoms with Crippen LogP contribution in [0.3, 0.4) is 0 Å². The number of halogens is 3. The van der Waals surface area contributed by atoms with Crippen molar-refractivity contribution in [2.75, 3.05) is 7.05 Å². The summed E-state index contributed by atoms with van der Waals surface area (Å²) in [5.41, 5.74) is 0.157. The molecule has 0 spiro atoms. The fourth-order valence-corrected chi connectivity index (χ4v) is 4.08. The number of benzene rings is 2. The summed E-state index contributed by atoms with van der Waals surface area (Å²) in [6, 6.07) is 8.85. The van der Waals surface area contributed by atoms with Crippen molar-refractivity contribution in [3.05, 3.63) is 88.5 Å². The van der Waals surface area contributed by atoms with Gasteiger partial charge in [-0.05, 0) is 18.2 Å². The van der Waals surface area contributed by atoms with Gasteiger partial charge in [-0.3, -0.25) is 0 Å². The lowest BCUT2D eigenvalue weighted by molar-refractivity contribution is 0.437. The van der Waals surface area contributed by atoms with Gasteiger partial charge in [-0.25, -0.2) is 13.8 Å². The maximum atomic E-state index is 14.4. The van der Waals surface area contributed by atoms with Gasteiger partial charge in [-0.2, -0.15) is 17.4 Å². The number of nitrogens with one attached hydrogen (secondary N) is 1. The van der Waals surface area contributed by atoms with Crippen LogP contribution in [0, 0.1) is 11.6 Å². The highest BCUT2D eigenvalue weighted by molar-refractivity contribution is 7.87. The van der Waals surface area contributed by atoms with E-state index in [-0.39, 0.29) is 22.7 Å². The molecule has 1 N–H and O–H groups in total. The van der Waals surface area contributed by atoms with Crippen molar-refractivity contribution in [1.82, 2.24) is 18.6 Å². The summed E-state index contributed by atoms with van der Waals surface area (Å²) in [4.78, 5) is 4.16. The number of aryl methyl sites for hydroxylation is 1. The molecule has 0 fully saturated rings. The van der Waals surface area contributed by atoms with Crippen LogP contribution in [0.25, 0.3) is 0 Å². The Morgan fingerprint density at radius 1 is 1.17 bits per heavy atom. The quantitative estimate of drug-likeness (QED) is 0.612. The van der Waals surface area contributed by atoms with E-state index in [9.17, 15) is 17.2 Å². The highest BCUT2D eigenvalue weighted by Gasteiger charge is 2.29. The van der Waals surface area contributed by atoms with Crippen LogP contribution in [0.2, 0.25) is 5.02 Å². The second-order valence-corrected chi connectivity index (χ2v) is 8.65. The average molecular weight is 441 g/mol. The molecule has 0 amide bonds. The first-order chi connectivity index (χ1) is 13.7. The molecule has 0 radical (unpaired) electrons. The summed E-state index contributed by atoms with van der Waals surface area (Å²) in [6.07, 6.45) is 3.11. The van der Waals surface area contributed by atoms with Gasteiger partial charge in [0.2, 0.25) is 0 Å². The first-order valence-corrected chi connectivity index (χ1v) is 10.4. The predicted octanol–water partition coefficient (Wildman–Crippen LogP) is 3.41. The Morgan fingerprint density at radius 3 is 2.48 bits per heavy atom. The maximum Gasteiger partial charge on any atom is 0.280 e.